The number of carbonyl (C=O) groups is 2. The zero-order valence-corrected chi connectivity index (χ0v) is 21.2. The molecular weight excluding hydrogens is 496 g/mol. The molecule has 2 aromatic carbocycles. The van der Waals surface area contributed by atoms with Crippen molar-refractivity contribution < 1.29 is 19.4 Å². The summed E-state index contributed by atoms with van der Waals surface area (Å²) in [6.45, 7) is 2.84. The molecule has 2 aliphatic heterocycles. The van der Waals surface area contributed by atoms with Crippen molar-refractivity contribution in [3.05, 3.63) is 90.0 Å². The first-order chi connectivity index (χ1) is 19.1. The van der Waals surface area contributed by atoms with Gasteiger partial charge < -0.3 is 25.4 Å². The smallest absolute Gasteiger partial charge is 0.337 e. The van der Waals surface area contributed by atoms with Gasteiger partial charge in [0.05, 0.1) is 17.3 Å². The third kappa shape index (κ3) is 4.94. The number of ether oxygens (including phenoxy) is 1. The Balaban J connectivity index is 1.29. The minimum absolute atomic E-state index is 0.0849. The van der Waals surface area contributed by atoms with Crippen molar-refractivity contribution in [2.24, 2.45) is 0 Å². The van der Waals surface area contributed by atoms with E-state index >= 15 is 0 Å². The van der Waals surface area contributed by atoms with E-state index in [0.717, 1.165) is 35.6 Å². The standard InChI is InChI=1S/C29H28N6O4/c36-28(34-13-12-30-16-23(34)17-39-25-9-7-21(15-32-25)29(37)38)26-27(20-4-2-1-3-5-20)35(18-33-26)22-8-6-19-10-11-31-24(19)14-22/h1-9,14-15,18,23,30-31H,10-13,16-17H2,(H,37,38)/t23-/m0/s1. The molecule has 0 spiro atoms. The van der Waals surface area contributed by atoms with Crippen LogP contribution in [0.3, 0.4) is 0 Å². The van der Waals surface area contributed by atoms with E-state index in [2.05, 4.69) is 38.8 Å². The van der Waals surface area contributed by atoms with Crippen molar-refractivity contribution in [3.63, 3.8) is 0 Å². The number of piperazine rings is 1. The Morgan fingerprint density at radius 2 is 1.92 bits per heavy atom. The van der Waals surface area contributed by atoms with E-state index in [1.807, 2.05) is 34.9 Å². The number of carboxylic acids is 1. The summed E-state index contributed by atoms with van der Waals surface area (Å²) >= 11 is 0. The zero-order valence-electron chi connectivity index (χ0n) is 21.2. The summed E-state index contributed by atoms with van der Waals surface area (Å²) in [5.74, 6) is -0.916. The fraction of sp³-hybridized carbons (Fsp3) is 0.241. The van der Waals surface area contributed by atoms with Crippen LogP contribution in [0.25, 0.3) is 16.9 Å². The normalized spacial score (nSPS) is 16.4. The number of hydrogen-bond donors (Lipinski definition) is 3. The lowest BCUT2D eigenvalue weighted by Crippen LogP contribution is -2.56. The van der Waals surface area contributed by atoms with Crippen molar-refractivity contribution >= 4 is 17.6 Å². The molecule has 2 aliphatic rings. The lowest BCUT2D eigenvalue weighted by molar-refractivity contribution is 0.0550. The SMILES string of the molecule is O=C(O)c1ccc(OC[C@@H]2CNCCN2C(=O)c2ncn(-c3ccc4c(c3)NCC4)c2-c2ccccc2)nc1. The average Bonchev–Trinajstić information content (AvgIpc) is 3.63. The molecule has 10 heteroatoms. The van der Waals surface area contributed by atoms with Crippen LogP contribution < -0.4 is 15.4 Å². The van der Waals surface area contributed by atoms with Gasteiger partial charge in [0.15, 0.2) is 5.69 Å². The predicted molar refractivity (Wildman–Crippen MR) is 146 cm³/mol. The first-order valence-corrected chi connectivity index (χ1v) is 12.9. The summed E-state index contributed by atoms with van der Waals surface area (Å²) < 4.78 is 7.83. The van der Waals surface area contributed by atoms with Crippen LogP contribution in [0, 0.1) is 0 Å². The summed E-state index contributed by atoms with van der Waals surface area (Å²) in [4.78, 5) is 35.7. The van der Waals surface area contributed by atoms with Crippen LogP contribution >= 0.6 is 0 Å². The van der Waals surface area contributed by atoms with Crippen molar-refractivity contribution in [2.75, 3.05) is 38.1 Å². The van der Waals surface area contributed by atoms with Gasteiger partial charge in [-0.3, -0.25) is 9.36 Å². The number of rotatable bonds is 7. The first-order valence-electron chi connectivity index (χ1n) is 12.9. The Hall–Kier alpha value is -4.70. The van der Waals surface area contributed by atoms with Crippen molar-refractivity contribution in [1.29, 1.82) is 0 Å². The Morgan fingerprint density at radius 3 is 2.72 bits per heavy atom. The highest BCUT2D eigenvalue weighted by Gasteiger charge is 2.32. The molecule has 10 nitrogen and oxygen atoms in total. The third-order valence-corrected chi connectivity index (χ3v) is 7.12. The number of amides is 1. The third-order valence-electron chi connectivity index (χ3n) is 7.12. The van der Waals surface area contributed by atoms with Gasteiger partial charge in [0.2, 0.25) is 5.88 Å². The quantitative estimate of drug-likeness (QED) is 0.337. The molecular formula is C29H28N6O4. The molecule has 1 fully saturated rings. The number of aromatic nitrogens is 3. The molecule has 1 saturated heterocycles. The van der Waals surface area contributed by atoms with Gasteiger partial charge in [-0.2, -0.15) is 0 Å². The number of pyridine rings is 1. The molecule has 0 bridgehead atoms. The molecule has 1 amide bonds. The van der Waals surface area contributed by atoms with E-state index in [-0.39, 0.29) is 24.1 Å². The molecule has 2 aromatic heterocycles. The van der Waals surface area contributed by atoms with Crippen LogP contribution in [0.2, 0.25) is 0 Å². The number of anilines is 1. The first kappa shape index (κ1) is 24.6. The van der Waals surface area contributed by atoms with E-state index in [1.165, 1.54) is 23.9 Å². The van der Waals surface area contributed by atoms with Crippen LogP contribution in [-0.4, -0.2) is 75.2 Å². The second kappa shape index (κ2) is 10.6. The summed E-state index contributed by atoms with van der Waals surface area (Å²) in [6, 6.07) is 18.8. The van der Waals surface area contributed by atoms with Crippen molar-refractivity contribution in [2.45, 2.75) is 12.5 Å². The molecule has 3 N–H and O–H groups in total. The fourth-order valence-electron chi connectivity index (χ4n) is 5.09. The molecule has 0 saturated carbocycles. The maximum atomic E-state index is 14.0. The highest BCUT2D eigenvalue weighted by Crippen LogP contribution is 2.31. The van der Waals surface area contributed by atoms with Gasteiger partial charge in [0.25, 0.3) is 5.91 Å². The number of benzene rings is 2. The summed E-state index contributed by atoms with van der Waals surface area (Å²) in [5.41, 5.74) is 5.43. The number of carbonyl (C=O) groups excluding carboxylic acids is 1. The number of nitrogens with one attached hydrogen (secondary N) is 2. The molecule has 1 atom stereocenters. The number of carboxylic acid groups (broad SMARTS) is 1. The van der Waals surface area contributed by atoms with E-state index in [4.69, 9.17) is 9.84 Å². The molecule has 198 valence electrons. The van der Waals surface area contributed by atoms with Gasteiger partial charge in [-0.1, -0.05) is 36.4 Å². The molecule has 4 aromatic rings. The lowest BCUT2D eigenvalue weighted by Gasteiger charge is -2.35. The van der Waals surface area contributed by atoms with Gasteiger partial charge in [-0.15, -0.1) is 0 Å². The topological polar surface area (TPSA) is 122 Å². The Bertz CT molecular complexity index is 1500. The fourth-order valence-corrected chi connectivity index (χ4v) is 5.09. The van der Waals surface area contributed by atoms with E-state index in [1.54, 1.807) is 11.2 Å². The number of imidazole rings is 1. The molecule has 0 aliphatic carbocycles. The van der Waals surface area contributed by atoms with Crippen LogP contribution in [0.5, 0.6) is 5.88 Å². The second-order valence-electron chi connectivity index (χ2n) is 9.55. The van der Waals surface area contributed by atoms with Crippen LogP contribution in [0.4, 0.5) is 5.69 Å². The maximum absolute atomic E-state index is 14.0. The van der Waals surface area contributed by atoms with Crippen LogP contribution in [0.1, 0.15) is 26.4 Å². The number of hydrogen-bond acceptors (Lipinski definition) is 7. The molecule has 0 unspecified atom stereocenters. The van der Waals surface area contributed by atoms with Gasteiger partial charge >= 0.3 is 5.97 Å². The number of fused-ring (bicyclic) bond motifs is 1. The predicted octanol–water partition coefficient (Wildman–Crippen LogP) is 3.09. The highest BCUT2D eigenvalue weighted by atomic mass is 16.5. The summed E-state index contributed by atoms with van der Waals surface area (Å²) in [5, 5.41) is 15.8. The number of nitrogens with zero attached hydrogens (tertiary/aromatic N) is 4. The minimum Gasteiger partial charge on any atom is -0.478 e. The Morgan fingerprint density at radius 1 is 1.05 bits per heavy atom. The largest absolute Gasteiger partial charge is 0.478 e. The van der Waals surface area contributed by atoms with Crippen LogP contribution in [0.15, 0.2) is 73.2 Å². The summed E-state index contributed by atoms with van der Waals surface area (Å²) in [7, 11) is 0. The van der Waals surface area contributed by atoms with Crippen molar-refractivity contribution in [3.8, 4) is 22.8 Å². The van der Waals surface area contributed by atoms with Gasteiger partial charge in [0.1, 0.15) is 12.9 Å². The van der Waals surface area contributed by atoms with E-state index in [9.17, 15) is 9.59 Å². The summed E-state index contributed by atoms with van der Waals surface area (Å²) in [6.07, 6.45) is 3.97. The van der Waals surface area contributed by atoms with Crippen molar-refractivity contribution in [1.82, 2.24) is 24.8 Å². The molecule has 0 radical (unpaired) electrons. The van der Waals surface area contributed by atoms with Crippen LogP contribution in [-0.2, 0) is 6.42 Å². The Kier molecular flexibility index (Phi) is 6.68. The van der Waals surface area contributed by atoms with E-state index in [0.29, 0.717) is 31.2 Å². The van der Waals surface area contributed by atoms with Gasteiger partial charge in [-0.25, -0.2) is 14.8 Å². The Labute approximate surface area is 225 Å². The minimum atomic E-state index is -1.05. The molecule has 6 rings (SSSR count). The zero-order chi connectivity index (χ0) is 26.8. The van der Waals surface area contributed by atoms with Gasteiger partial charge in [0, 0.05) is 55.4 Å². The average molecular weight is 525 g/mol. The van der Waals surface area contributed by atoms with E-state index < -0.39 is 5.97 Å². The highest BCUT2D eigenvalue weighted by molar-refractivity contribution is 5.99. The lowest BCUT2D eigenvalue weighted by atomic mass is 10.1. The second-order valence-corrected chi connectivity index (χ2v) is 9.55. The maximum Gasteiger partial charge on any atom is 0.337 e. The number of aromatic carboxylic acids is 1. The molecule has 39 heavy (non-hydrogen) atoms. The van der Waals surface area contributed by atoms with Gasteiger partial charge in [-0.05, 0) is 30.2 Å². The molecule has 4 heterocycles. The monoisotopic (exact) mass is 524 g/mol.